The SMILES string of the molecule is O=C1c2cc(Br)ccc2S(=O)(=O)N1CC(c1ccco1)N1CCCC1. The molecule has 1 fully saturated rings. The van der Waals surface area contributed by atoms with Crippen LogP contribution in [0.4, 0.5) is 0 Å². The second-order valence-corrected chi connectivity index (χ2v) is 9.00. The molecule has 2 aromatic rings. The Labute approximate surface area is 154 Å². The molecule has 0 saturated carbocycles. The third kappa shape index (κ3) is 2.82. The van der Waals surface area contributed by atoms with E-state index in [-0.39, 0.29) is 23.0 Å². The van der Waals surface area contributed by atoms with Gasteiger partial charge in [0.25, 0.3) is 15.9 Å². The van der Waals surface area contributed by atoms with Gasteiger partial charge in [0.05, 0.1) is 24.4 Å². The first-order valence-electron chi connectivity index (χ1n) is 8.12. The van der Waals surface area contributed by atoms with Crippen LogP contribution in [-0.4, -0.2) is 43.2 Å². The van der Waals surface area contributed by atoms with Gasteiger partial charge in [-0.15, -0.1) is 0 Å². The molecular formula is C17H17BrN2O4S. The van der Waals surface area contributed by atoms with Crippen LogP contribution in [0.25, 0.3) is 0 Å². The van der Waals surface area contributed by atoms with E-state index in [4.69, 9.17) is 4.42 Å². The Hall–Kier alpha value is -1.64. The number of nitrogens with zero attached hydrogens (tertiary/aromatic N) is 2. The molecule has 1 aromatic heterocycles. The maximum absolute atomic E-state index is 12.9. The third-order valence-electron chi connectivity index (χ3n) is 4.76. The molecule has 0 bridgehead atoms. The maximum Gasteiger partial charge on any atom is 0.269 e. The van der Waals surface area contributed by atoms with Gasteiger partial charge in [0.1, 0.15) is 10.7 Å². The van der Waals surface area contributed by atoms with Gasteiger partial charge in [-0.1, -0.05) is 15.9 Å². The Kier molecular flexibility index (Phi) is 4.21. The van der Waals surface area contributed by atoms with Gasteiger partial charge in [0.15, 0.2) is 0 Å². The van der Waals surface area contributed by atoms with Crippen LogP contribution in [0.15, 0.2) is 50.4 Å². The Bertz CT molecular complexity index is 905. The maximum atomic E-state index is 12.9. The molecule has 25 heavy (non-hydrogen) atoms. The van der Waals surface area contributed by atoms with Crippen LogP contribution in [0.5, 0.6) is 0 Å². The van der Waals surface area contributed by atoms with Gasteiger partial charge in [-0.2, -0.15) is 0 Å². The van der Waals surface area contributed by atoms with Crippen LogP contribution in [0.3, 0.4) is 0 Å². The van der Waals surface area contributed by atoms with Crippen LogP contribution >= 0.6 is 15.9 Å². The van der Waals surface area contributed by atoms with E-state index in [0.717, 1.165) is 30.2 Å². The molecular weight excluding hydrogens is 408 g/mol. The van der Waals surface area contributed by atoms with E-state index in [1.165, 1.54) is 6.07 Å². The molecule has 3 heterocycles. The molecule has 0 spiro atoms. The summed E-state index contributed by atoms with van der Waals surface area (Å²) in [7, 11) is -3.83. The van der Waals surface area contributed by atoms with Crippen molar-refractivity contribution in [3.8, 4) is 0 Å². The smallest absolute Gasteiger partial charge is 0.269 e. The van der Waals surface area contributed by atoms with Crippen LogP contribution < -0.4 is 0 Å². The lowest BCUT2D eigenvalue weighted by atomic mass is 10.1. The number of likely N-dealkylation sites (tertiary alicyclic amines) is 1. The number of carbonyl (C=O) groups excluding carboxylic acids is 1. The van der Waals surface area contributed by atoms with Gasteiger partial charge in [-0.25, -0.2) is 12.7 Å². The predicted molar refractivity (Wildman–Crippen MR) is 94.6 cm³/mol. The summed E-state index contributed by atoms with van der Waals surface area (Å²) in [6.45, 7) is 1.79. The van der Waals surface area contributed by atoms with Crippen molar-refractivity contribution >= 4 is 31.9 Å². The van der Waals surface area contributed by atoms with Gasteiger partial charge in [-0.3, -0.25) is 9.69 Å². The normalized spacial score (nSPS) is 20.8. The monoisotopic (exact) mass is 424 g/mol. The van der Waals surface area contributed by atoms with E-state index in [1.807, 2.05) is 6.07 Å². The molecule has 6 nitrogen and oxygen atoms in total. The summed E-state index contributed by atoms with van der Waals surface area (Å²) in [5.41, 5.74) is 0.217. The molecule has 1 amide bonds. The number of sulfonamides is 1. The fourth-order valence-corrected chi connectivity index (χ4v) is 5.43. The second-order valence-electron chi connectivity index (χ2n) is 6.26. The number of amides is 1. The lowest BCUT2D eigenvalue weighted by molar-refractivity contribution is 0.0828. The van der Waals surface area contributed by atoms with E-state index < -0.39 is 15.9 Å². The highest BCUT2D eigenvalue weighted by atomic mass is 79.9. The molecule has 0 radical (unpaired) electrons. The molecule has 1 aromatic carbocycles. The summed E-state index contributed by atoms with van der Waals surface area (Å²) in [4.78, 5) is 15.0. The molecule has 132 valence electrons. The lowest BCUT2D eigenvalue weighted by Crippen LogP contribution is -2.39. The number of hydrogen-bond acceptors (Lipinski definition) is 5. The summed E-state index contributed by atoms with van der Waals surface area (Å²) in [6, 6.07) is 8.02. The predicted octanol–water partition coefficient (Wildman–Crippen LogP) is 3.02. The molecule has 4 rings (SSSR count). The number of halogens is 1. The van der Waals surface area contributed by atoms with Crippen LogP contribution in [0, 0.1) is 0 Å². The fraction of sp³-hybridized carbons (Fsp3) is 0.353. The largest absolute Gasteiger partial charge is 0.468 e. The number of furan rings is 1. The third-order valence-corrected chi connectivity index (χ3v) is 7.06. The first-order valence-corrected chi connectivity index (χ1v) is 10.4. The van der Waals surface area contributed by atoms with Crippen molar-refractivity contribution in [1.29, 1.82) is 0 Å². The van der Waals surface area contributed by atoms with Crippen molar-refractivity contribution in [3.63, 3.8) is 0 Å². The van der Waals surface area contributed by atoms with E-state index >= 15 is 0 Å². The van der Waals surface area contributed by atoms with Crippen LogP contribution in [-0.2, 0) is 10.0 Å². The zero-order valence-corrected chi connectivity index (χ0v) is 15.8. The fourth-order valence-electron chi connectivity index (χ4n) is 3.51. The number of fused-ring (bicyclic) bond motifs is 1. The molecule has 2 aliphatic rings. The second kappa shape index (κ2) is 6.26. The van der Waals surface area contributed by atoms with Crippen LogP contribution in [0.2, 0.25) is 0 Å². The average molecular weight is 425 g/mol. The molecule has 1 unspecified atom stereocenters. The van der Waals surface area contributed by atoms with Gasteiger partial charge < -0.3 is 4.42 Å². The van der Waals surface area contributed by atoms with E-state index in [0.29, 0.717) is 10.2 Å². The molecule has 2 aliphatic heterocycles. The molecule has 1 saturated heterocycles. The standard InChI is InChI=1S/C17H17BrN2O4S/c18-12-5-6-16-13(10-12)17(21)20(25(16,22)23)11-14(15-4-3-9-24-15)19-7-1-2-8-19/h3-6,9-10,14H,1-2,7-8,11H2. The highest BCUT2D eigenvalue weighted by molar-refractivity contribution is 9.10. The Morgan fingerprint density at radius 2 is 1.96 bits per heavy atom. The zero-order valence-electron chi connectivity index (χ0n) is 13.4. The molecule has 0 aliphatic carbocycles. The average Bonchev–Trinajstić information content (AvgIpc) is 3.30. The summed E-state index contributed by atoms with van der Waals surface area (Å²) in [6.07, 6.45) is 3.70. The van der Waals surface area contributed by atoms with E-state index in [2.05, 4.69) is 20.8 Å². The number of carbonyl (C=O) groups is 1. The Balaban J connectivity index is 1.70. The minimum Gasteiger partial charge on any atom is -0.468 e. The number of rotatable bonds is 4. The van der Waals surface area contributed by atoms with Gasteiger partial charge >= 0.3 is 0 Å². The van der Waals surface area contributed by atoms with Gasteiger partial charge in [0, 0.05) is 4.47 Å². The van der Waals surface area contributed by atoms with Crippen molar-refractivity contribution in [2.24, 2.45) is 0 Å². The first kappa shape index (κ1) is 16.8. The van der Waals surface area contributed by atoms with Crippen molar-refractivity contribution in [2.45, 2.75) is 23.8 Å². The van der Waals surface area contributed by atoms with Crippen LogP contribution in [0.1, 0.15) is 35.0 Å². The van der Waals surface area contributed by atoms with E-state index in [9.17, 15) is 13.2 Å². The summed E-state index contributed by atoms with van der Waals surface area (Å²) < 4.78 is 32.9. The van der Waals surface area contributed by atoms with E-state index in [1.54, 1.807) is 24.5 Å². The van der Waals surface area contributed by atoms with Crippen molar-refractivity contribution in [1.82, 2.24) is 9.21 Å². The Morgan fingerprint density at radius 1 is 1.20 bits per heavy atom. The van der Waals surface area contributed by atoms with Gasteiger partial charge in [-0.05, 0) is 56.3 Å². The quantitative estimate of drug-likeness (QED) is 0.753. The molecule has 8 heteroatoms. The highest BCUT2D eigenvalue weighted by Crippen LogP contribution is 2.35. The van der Waals surface area contributed by atoms with Gasteiger partial charge in [0.2, 0.25) is 0 Å². The van der Waals surface area contributed by atoms with Crippen molar-refractivity contribution in [2.75, 3.05) is 19.6 Å². The molecule has 1 atom stereocenters. The van der Waals surface area contributed by atoms with Crippen molar-refractivity contribution in [3.05, 3.63) is 52.4 Å². The zero-order chi connectivity index (χ0) is 17.6. The van der Waals surface area contributed by atoms with Crippen molar-refractivity contribution < 1.29 is 17.6 Å². The number of benzene rings is 1. The summed E-state index contributed by atoms with van der Waals surface area (Å²) in [5.74, 6) is 0.203. The first-order chi connectivity index (χ1) is 12.0. The highest BCUT2D eigenvalue weighted by Gasteiger charge is 2.43. The number of hydrogen-bond donors (Lipinski definition) is 0. The minimum atomic E-state index is -3.83. The lowest BCUT2D eigenvalue weighted by Gasteiger charge is -2.29. The summed E-state index contributed by atoms with van der Waals surface area (Å²) >= 11 is 3.30. The Morgan fingerprint density at radius 3 is 2.64 bits per heavy atom. The molecule has 0 N–H and O–H groups in total. The summed E-state index contributed by atoms with van der Waals surface area (Å²) in [5, 5.41) is 0. The topological polar surface area (TPSA) is 70.8 Å². The minimum absolute atomic E-state index is 0.0565.